The van der Waals surface area contributed by atoms with Crippen molar-refractivity contribution in [1.29, 1.82) is 0 Å². The minimum atomic E-state index is 0.526. The summed E-state index contributed by atoms with van der Waals surface area (Å²) in [7, 11) is 1.64. The van der Waals surface area contributed by atoms with Crippen molar-refractivity contribution >= 4 is 17.3 Å². The van der Waals surface area contributed by atoms with Crippen molar-refractivity contribution in [2.24, 2.45) is 0 Å². The molecule has 6 heteroatoms. The predicted molar refractivity (Wildman–Crippen MR) is 108 cm³/mol. The highest BCUT2D eigenvalue weighted by Gasteiger charge is 2.03. The van der Waals surface area contributed by atoms with Crippen molar-refractivity contribution in [1.82, 2.24) is 9.97 Å². The van der Waals surface area contributed by atoms with Crippen LogP contribution in [0, 0.1) is 0 Å². The van der Waals surface area contributed by atoms with Gasteiger partial charge in [-0.05, 0) is 42.3 Å². The molecule has 3 aromatic rings. The zero-order valence-electron chi connectivity index (χ0n) is 15.6. The first-order chi connectivity index (χ1) is 13.3. The Kier molecular flexibility index (Phi) is 6.46. The van der Waals surface area contributed by atoms with E-state index in [4.69, 9.17) is 9.47 Å². The summed E-state index contributed by atoms with van der Waals surface area (Å²) in [6, 6.07) is 17.6. The standard InChI is InChI=1S/C21H24N4O2/c1-3-16-6-4-5-7-19(16)25-21-14-20(23-15-24-21)22-12-13-27-18-10-8-17(26-2)9-11-18/h4-11,14-15H,3,12-13H2,1-2H3,(H2,22,23,24,25). The molecular formula is C21H24N4O2. The summed E-state index contributed by atoms with van der Waals surface area (Å²) in [5.74, 6) is 3.12. The van der Waals surface area contributed by atoms with E-state index in [1.165, 1.54) is 5.56 Å². The molecule has 0 aliphatic carbocycles. The lowest BCUT2D eigenvalue weighted by Crippen LogP contribution is -2.12. The van der Waals surface area contributed by atoms with E-state index >= 15 is 0 Å². The number of nitrogens with zero attached hydrogens (tertiary/aromatic N) is 2. The molecule has 2 N–H and O–H groups in total. The summed E-state index contributed by atoms with van der Waals surface area (Å²) in [6.07, 6.45) is 2.51. The van der Waals surface area contributed by atoms with Gasteiger partial charge in [0.15, 0.2) is 0 Å². The molecule has 0 saturated carbocycles. The Hall–Kier alpha value is -3.28. The van der Waals surface area contributed by atoms with Crippen molar-refractivity contribution in [2.45, 2.75) is 13.3 Å². The van der Waals surface area contributed by atoms with Crippen LogP contribution in [0.2, 0.25) is 0 Å². The molecule has 27 heavy (non-hydrogen) atoms. The first-order valence-corrected chi connectivity index (χ1v) is 8.96. The molecule has 0 radical (unpaired) electrons. The van der Waals surface area contributed by atoms with Gasteiger partial charge < -0.3 is 20.1 Å². The van der Waals surface area contributed by atoms with Crippen LogP contribution in [0.1, 0.15) is 12.5 Å². The van der Waals surface area contributed by atoms with Gasteiger partial charge >= 0.3 is 0 Å². The first kappa shape index (κ1) is 18.5. The molecule has 0 spiro atoms. The monoisotopic (exact) mass is 364 g/mol. The van der Waals surface area contributed by atoms with Crippen LogP contribution < -0.4 is 20.1 Å². The Morgan fingerprint density at radius 2 is 1.67 bits per heavy atom. The summed E-state index contributed by atoms with van der Waals surface area (Å²) in [6.45, 7) is 3.29. The van der Waals surface area contributed by atoms with Gasteiger partial charge in [-0.1, -0.05) is 25.1 Å². The third-order valence-corrected chi connectivity index (χ3v) is 4.06. The molecule has 3 rings (SSSR count). The van der Waals surface area contributed by atoms with Gasteiger partial charge in [0.05, 0.1) is 13.7 Å². The normalized spacial score (nSPS) is 10.3. The van der Waals surface area contributed by atoms with E-state index < -0.39 is 0 Å². The van der Waals surface area contributed by atoms with Gasteiger partial charge in [-0.2, -0.15) is 0 Å². The number of ether oxygens (including phenoxy) is 2. The zero-order chi connectivity index (χ0) is 18.9. The third kappa shape index (κ3) is 5.34. The van der Waals surface area contributed by atoms with E-state index in [0.717, 1.165) is 35.2 Å². The van der Waals surface area contributed by atoms with Gasteiger partial charge in [-0.3, -0.25) is 0 Å². The second kappa shape index (κ2) is 9.43. The van der Waals surface area contributed by atoms with Gasteiger partial charge in [-0.25, -0.2) is 9.97 Å². The molecule has 0 atom stereocenters. The van der Waals surface area contributed by atoms with Crippen molar-refractivity contribution in [3.63, 3.8) is 0 Å². The Labute approximate surface area is 159 Å². The number of aromatic nitrogens is 2. The topological polar surface area (TPSA) is 68.3 Å². The van der Waals surface area contributed by atoms with Gasteiger partial charge in [0.25, 0.3) is 0 Å². The number of benzene rings is 2. The van der Waals surface area contributed by atoms with E-state index in [-0.39, 0.29) is 0 Å². The molecule has 1 heterocycles. The van der Waals surface area contributed by atoms with Crippen LogP contribution >= 0.6 is 0 Å². The fraction of sp³-hybridized carbons (Fsp3) is 0.238. The highest BCUT2D eigenvalue weighted by molar-refractivity contribution is 5.62. The minimum Gasteiger partial charge on any atom is -0.497 e. The van der Waals surface area contributed by atoms with Crippen LogP contribution in [0.15, 0.2) is 60.9 Å². The van der Waals surface area contributed by atoms with Crippen LogP contribution in [-0.4, -0.2) is 30.2 Å². The summed E-state index contributed by atoms with van der Waals surface area (Å²) < 4.78 is 10.8. The van der Waals surface area contributed by atoms with Gasteiger partial charge in [0.2, 0.25) is 0 Å². The number of methoxy groups -OCH3 is 1. The van der Waals surface area contributed by atoms with Crippen molar-refractivity contribution < 1.29 is 9.47 Å². The lowest BCUT2D eigenvalue weighted by molar-refractivity contribution is 0.331. The molecule has 0 bridgehead atoms. The fourth-order valence-corrected chi connectivity index (χ4v) is 2.63. The molecule has 0 unspecified atom stereocenters. The number of nitrogens with one attached hydrogen (secondary N) is 2. The number of aryl methyl sites for hydroxylation is 1. The molecule has 0 saturated heterocycles. The molecule has 140 valence electrons. The predicted octanol–water partition coefficient (Wildman–Crippen LogP) is 4.28. The number of hydrogen-bond donors (Lipinski definition) is 2. The van der Waals surface area contributed by atoms with Gasteiger partial charge in [0.1, 0.15) is 36.1 Å². The maximum atomic E-state index is 5.71. The van der Waals surface area contributed by atoms with Crippen LogP contribution in [-0.2, 0) is 6.42 Å². The second-order valence-electron chi connectivity index (χ2n) is 5.87. The van der Waals surface area contributed by atoms with E-state index in [1.807, 2.05) is 42.5 Å². The van der Waals surface area contributed by atoms with Crippen LogP contribution in [0.4, 0.5) is 17.3 Å². The molecule has 2 aromatic carbocycles. The van der Waals surface area contributed by atoms with E-state index in [9.17, 15) is 0 Å². The molecule has 0 fully saturated rings. The molecule has 6 nitrogen and oxygen atoms in total. The Morgan fingerprint density at radius 1 is 0.926 bits per heavy atom. The van der Waals surface area contributed by atoms with Gasteiger partial charge in [0, 0.05) is 11.8 Å². The average molecular weight is 364 g/mol. The number of para-hydroxylation sites is 1. The largest absolute Gasteiger partial charge is 0.497 e. The number of anilines is 3. The highest BCUT2D eigenvalue weighted by Crippen LogP contribution is 2.21. The molecule has 1 aromatic heterocycles. The molecule has 0 aliphatic heterocycles. The smallest absolute Gasteiger partial charge is 0.135 e. The van der Waals surface area contributed by atoms with E-state index in [1.54, 1.807) is 13.4 Å². The number of hydrogen-bond acceptors (Lipinski definition) is 6. The SMILES string of the molecule is CCc1ccccc1Nc1cc(NCCOc2ccc(OC)cc2)ncn1. The molecule has 0 aliphatic rings. The maximum absolute atomic E-state index is 5.71. The summed E-state index contributed by atoms with van der Waals surface area (Å²) in [4.78, 5) is 8.55. The quantitative estimate of drug-likeness (QED) is 0.552. The minimum absolute atomic E-state index is 0.526. The van der Waals surface area contributed by atoms with E-state index in [0.29, 0.717) is 13.2 Å². The number of rotatable bonds is 9. The van der Waals surface area contributed by atoms with Crippen molar-refractivity contribution in [3.8, 4) is 11.5 Å². The van der Waals surface area contributed by atoms with Gasteiger partial charge in [-0.15, -0.1) is 0 Å². The van der Waals surface area contributed by atoms with Crippen LogP contribution in [0.5, 0.6) is 11.5 Å². The Balaban J connectivity index is 1.51. The van der Waals surface area contributed by atoms with Crippen molar-refractivity contribution in [3.05, 3.63) is 66.5 Å². The first-order valence-electron chi connectivity index (χ1n) is 8.96. The second-order valence-corrected chi connectivity index (χ2v) is 5.87. The highest BCUT2D eigenvalue weighted by atomic mass is 16.5. The zero-order valence-corrected chi connectivity index (χ0v) is 15.6. The van der Waals surface area contributed by atoms with Crippen molar-refractivity contribution in [2.75, 3.05) is 30.9 Å². The Morgan fingerprint density at radius 3 is 2.44 bits per heavy atom. The van der Waals surface area contributed by atoms with Crippen LogP contribution in [0.3, 0.4) is 0 Å². The summed E-state index contributed by atoms with van der Waals surface area (Å²) in [5, 5.41) is 6.61. The average Bonchev–Trinajstić information content (AvgIpc) is 2.72. The lowest BCUT2D eigenvalue weighted by atomic mass is 10.1. The summed E-state index contributed by atoms with van der Waals surface area (Å²) >= 11 is 0. The molecular weight excluding hydrogens is 340 g/mol. The summed E-state index contributed by atoms with van der Waals surface area (Å²) in [5.41, 5.74) is 2.31. The van der Waals surface area contributed by atoms with Crippen LogP contribution in [0.25, 0.3) is 0 Å². The van der Waals surface area contributed by atoms with E-state index in [2.05, 4.69) is 39.7 Å². The Bertz CT molecular complexity index is 853. The maximum Gasteiger partial charge on any atom is 0.135 e. The lowest BCUT2D eigenvalue weighted by Gasteiger charge is -2.12. The third-order valence-electron chi connectivity index (χ3n) is 4.06. The fourth-order valence-electron chi connectivity index (χ4n) is 2.63. The molecule has 0 amide bonds.